The monoisotopic (exact) mass is 523 g/mol. The second kappa shape index (κ2) is 12.9. The van der Waals surface area contributed by atoms with Gasteiger partial charge in [0, 0.05) is 44.1 Å². The number of ether oxygens (including phenoxy) is 3. The Morgan fingerprint density at radius 1 is 1.08 bits per heavy atom. The van der Waals surface area contributed by atoms with Crippen molar-refractivity contribution in [1.29, 1.82) is 0 Å². The van der Waals surface area contributed by atoms with Crippen molar-refractivity contribution in [1.82, 2.24) is 14.8 Å². The molecular weight excluding hydrogens is 486 g/mol. The predicted octanol–water partition coefficient (Wildman–Crippen LogP) is 3.66. The van der Waals surface area contributed by atoms with Gasteiger partial charge in [0.2, 0.25) is 0 Å². The number of hydrogen-bond acceptors (Lipinski definition) is 8. The molecule has 0 saturated carbocycles. The van der Waals surface area contributed by atoms with Crippen molar-refractivity contribution in [3.63, 3.8) is 0 Å². The first-order valence-electron chi connectivity index (χ1n) is 13.3. The van der Waals surface area contributed by atoms with E-state index in [1.165, 1.54) is 12.4 Å². The fourth-order valence-electron chi connectivity index (χ4n) is 4.68. The van der Waals surface area contributed by atoms with E-state index < -0.39 is 17.7 Å². The highest BCUT2D eigenvalue weighted by atomic mass is 16.5. The van der Waals surface area contributed by atoms with E-state index in [1.807, 2.05) is 25.1 Å². The summed E-state index contributed by atoms with van der Waals surface area (Å²) >= 11 is 0. The van der Waals surface area contributed by atoms with E-state index in [0.29, 0.717) is 68.1 Å². The number of benzene rings is 1. The smallest absolute Gasteiger partial charge is 0.295 e. The third-order valence-corrected chi connectivity index (χ3v) is 6.79. The van der Waals surface area contributed by atoms with Crippen LogP contribution in [0, 0.1) is 5.92 Å². The number of carbonyl (C=O) groups excluding carboxylic acids is 2. The molecule has 0 radical (unpaired) electrons. The van der Waals surface area contributed by atoms with Crippen LogP contribution in [-0.4, -0.2) is 84.2 Å². The average molecular weight is 524 g/mol. The van der Waals surface area contributed by atoms with Gasteiger partial charge in [-0.05, 0) is 49.1 Å². The quantitative estimate of drug-likeness (QED) is 0.271. The number of aromatic nitrogens is 1. The number of likely N-dealkylation sites (tertiary alicyclic amines) is 1. The van der Waals surface area contributed by atoms with E-state index in [0.717, 1.165) is 19.5 Å². The lowest BCUT2D eigenvalue weighted by atomic mass is 9.95. The van der Waals surface area contributed by atoms with Crippen LogP contribution in [0.3, 0.4) is 0 Å². The van der Waals surface area contributed by atoms with Crippen LogP contribution in [0.4, 0.5) is 0 Å². The number of amides is 1. The van der Waals surface area contributed by atoms with Crippen LogP contribution in [0.1, 0.15) is 44.4 Å². The lowest BCUT2D eigenvalue weighted by Crippen LogP contribution is -2.42. The molecule has 1 atom stereocenters. The molecule has 1 amide bonds. The highest BCUT2D eigenvalue weighted by Crippen LogP contribution is 2.42. The first-order chi connectivity index (χ1) is 18.4. The van der Waals surface area contributed by atoms with Gasteiger partial charge in [-0.15, -0.1) is 0 Å². The van der Waals surface area contributed by atoms with Gasteiger partial charge in [-0.1, -0.05) is 19.9 Å². The summed E-state index contributed by atoms with van der Waals surface area (Å²) in [7, 11) is 0. The van der Waals surface area contributed by atoms with E-state index in [2.05, 4.69) is 23.7 Å². The Labute approximate surface area is 224 Å². The van der Waals surface area contributed by atoms with Crippen molar-refractivity contribution in [3.8, 4) is 11.5 Å². The summed E-state index contributed by atoms with van der Waals surface area (Å²) < 4.78 is 17.3. The van der Waals surface area contributed by atoms with Crippen LogP contribution < -0.4 is 9.47 Å². The number of aliphatic hydroxyl groups is 1. The number of rotatable bonds is 11. The first-order valence-corrected chi connectivity index (χ1v) is 13.3. The molecule has 38 heavy (non-hydrogen) atoms. The summed E-state index contributed by atoms with van der Waals surface area (Å²) in [6.07, 6.45) is 3.98. The van der Waals surface area contributed by atoms with Gasteiger partial charge < -0.3 is 24.2 Å². The summed E-state index contributed by atoms with van der Waals surface area (Å²) in [5.74, 6) is 0.0896. The molecule has 1 aromatic carbocycles. The Balaban J connectivity index is 1.72. The third kappa shape index (κ3) is 6.34. The normalized spacial score (nSPS) is 19.8. The van der Waals surface area contributed by atoms with Gasteiger partial charge in [0.25, 0.3) is 11.7 Å². The van der Waals surface area contributed by atoms with Crippen molar-refractivity contribution >= 4 is 17.4 Å². The van der Waals surface area contributed by atoms with Gasteiger partial charge in [-0.25, -0.2) is 0 Å². The zero-order valence-corrected chi connectivity index (χ0v) is 22.4. The van der Waals surface area contributed by atoms with Gasteiger partial charge >= 0.3 is 0 Å². The number of aliphatic hydroxyl groups excluding tert-OH is 1. The number of ketones is 1. The second-order valence-electron chi connectivity index (χ2n) is 9.85. The molecule has 2 aromatic rings. The number of carbonyl (C=O) groups is 2. The lowest BCUT2D eigenvalue weighted by molar-refractivity contribution is -0.140. The largest absolute Gasteiger partial charge is 0.507 e. The average Bonchev–Trinajstić information content (AvgIpc) is 3.18. The maximum Gasteiger partial charge on any atom is 0.295 e. The van der Waals surface area contributed by atoms with Crippen LogP contribution in [-0.2, 0) is 14.3 Å². The highest BCUT2D eigenvalue weighted by Gasteiger charge is 2.46. The molecule has 0 spiro atoms. The van der Waals surface area contributed by atoms with Crippen LogP contribution in [0.2, 0.25) is 0 Å². The zero-order valence-electron chi connectivity index (χ0n) is 22.4. The topological polar surface area (TPSA) is 101 Å². The van der Waals surface area contributed by atoms with Gasteiger partial charge in [-0.2, -0.15) is 0 Å². The van der Waals surface area contributed by atoms with Crippen molar-refractivity contribution < 1.29 is 28.9 Å². The molecule has 1 aromatic heterocycles. The van der Waals surface area contributed by atoms with Crippen LogP contribution >= 0.6 is 0 Å². The van der Waals surface area contributed by atoms with Gasteiger partial charge in [0.15, 0.2) is 11.5 Å². The van der Waals surface area contributed by atoms with E-state index >= 15 is 0 Å². The number of Topliss-reactive ketones (excluding diaryl/α,β-unsaturated/α-hetero) is 1. The number of nitrogens with zero attached hydrogens (tertiary/aromatic N) is 3. The zero-order chi connectivity index (χ0) is 27.1. The number of pyridine rings is 1. The maximum atomic E-state index is 13.3. The molecule has 0 aliphatic carbocycles. The van der Waals surface area contributed by atoms with Crippen LogP contribution in [0.15, 0.2) is 48.3 Å². The molecule has 1 unspecified atom stereocenters. The van der Waals surface area contributed by atoms with Crippen molar-refractivity contribution in [3.05, 3.63) is 59.4 Å². The Morgan fingerprint density at radius 2 is 1.82 bits per heavy atom. The Kier molecular flexibility index (Phi) is 9.36. The fraction of sp³-hybridized carbons (Fsp3) is 0.483. The van der Waals surface area contributed by atoms with Crippen molar-refractivity contribution in [2.45, 2.75) is 33.2 Å². The van der Waals surface area contributed by atoms with Gasteiger partial charge in [0.1, 0.15) is 5.76 Å². The molecule has 4 rings (SSSR count). The fourth-order valence-corrected chi connectivity index (χ4v) is 4.68. The first kappa shape index (κ1) is 27.6. The summed E-state index contributed by atoms with van der Waals surface area (Å²) in [5, 5.41) is 11.2. The van der Waals surface area contributed by atoms with Crippen LogP contribution in [0.5, 0.6) is 11.5 Å². The minimum absolute atomic E-state index is 0.0547. The Hall–Kier alpha value is -3.43. The van der Waals surface area contributed by atoms with E-state index in [1.54, 1.807) is 17.0 Å². The molecule has 2 saturated heterocycles. The molecule has 9 nitrogen and oxygen atoms in total. The SMILES string of the molecule is CCOc1cc(C2/C(=C(\O)c3ccncc3)C(=O)C(=O)N2CCN2CCOCC2)ccc1OCCC(C)C. The molecule has 3 heterocycles. The Bertz CT molecular complexity index is 1140. The van der Waals surface area contributed by atoms with E-state index in [9.17, 15) is 14.7 Å². The summed E-state index contributed by atoms with van der Waals surface area (Å²) in [6, 6.07) is 7.93. The second-order valence-corrected chi connectivity index (χ2v) is 9.85. The van der Waals surface area contributed by atoms with E-state index in [-0.39, 0.29) is 11.3 Å². The molecule has 2 aliphatic heterocycles. The predicted molar refractivity (Wildman–Crippen MR) is 143 cm³/mol. The van der Waals surface area contributed by atoms with Crippen molar-refractivity contribution in [2.24, 2.45) is 5.92 Å². The lowest BCUT2D eigenvalue weighted by Gasteiger charge is -2.31. The minimum atomic E-state index is -0.770. The molecule has 204 valence electrons. The van der Waals surface area contributed by atoms with Crippen molar-refractivity contribution in [2.75, 3.05) is 52.6 Å². The molecule has 2 fully saturated rings. The molecule has 9 heteroatoms. The summed E-state index contributed by atoms with van der Waals surface area (Å²) in [4.78, 5) is 34.4. The van der Waals surface area contributed by atoms with Gasteiger partial charge in [-0.3, -0.25) is 19.5 Å². The molecule has 1 N–H and O–H groups in total. The van der Waals surface area contributed by atoms with E-state index in [4.69, 9.17) is 14.2 Å². The molecule has 2 aliphatic rings. The molecular formula is C29H37N3O6. The standard InChI is InChI=1S/C29H37N3O6/c1-4-37-24-19-22(5-6-23(24)38-16-9-20(2)3)26-25(27(33)21-7-10-30-11-8-21)28(34)29(35)32(26)13-12-31-14-17-36-18-15-31/h5-8,10-11,19-20,26,33H,4,9,12-18H2,1-3H3/b27-25+. The minimum Gasteiger partial charge on any atom is -0.507 e. The van der Waals surface area contributed by atoms with Crippen LogP contribution in [0.25, 0.3) is 5.76 Å². The summed E-state index contributed by atoms with van der Waals surface area (Å²) in [5.41, 5.74) is 1.15. The third-order valence-electron chi connectivity index (χ3n) is 6.79. The highest BCUT2D eigenvalue weighted by molar-refractivity contribution is 6.46. The van der Waals surface area contributed by atoms with Gasteiger partial charge in [0.05, 0.1) is 38.0 Å². The Morgan fingerprint density at radius 3 is 2.50 bits per heavy atom. The molecule has 0 bridgehead atoms. The number of morpholine rings is 1. The number of hydrogen-bond donors (Lipinski definition) is 1. The maximum absolute atomic E-state index is 13.3. The summed E-state index contributed by atoms with van der Waals surface area (Å²) in [6.45, 7) is 10.9.